The largest absolute Gasteiger partial charge is 0.756 e. The molecule has 0 fully saturated rings. The molecule has 0 saturated heterocycles. The molecular weight excluding hydrogens is 1040 g/mol. The summed E-state index contributed by atoms with van der Waals surface area (Å²) < 4.78 is 23.4. The third-order valence-corrected chi connectivity index (χ3v) is 15.6. The summed E-state index contributed by atoms with van der Waals surface area (Å²) in [4.78, 5) is 25.6. The zero-order valence-electron chi connectivity index (χ0n) is 54.4. The van der Waals surface area contributed by atoms with Crippen molar-refractivity contribution in [3.05, 3.63) is 134 Å². The summed E-state index contributed by atoms with van der Waals surface area (Å²) in [7, 11) is 1.20. The number of rotatable bonds is 61. The Morgan fingerprint density at radius 1 is 0.434 bits per heavy atom. The second kappa shape index (κ2) is 63.2. The van der Waals surface area contributed by atoms with Crippen molar-refractivity contribution in [2.45, 2.75) is 289 Å². The first kappa shape index (κ1) is 79.6. The molecule has 0 aromatic heterocycles. The number of amides is 1. The lowest BCUT2D eigenvalue weighted by Gasteiger charge is -2.29. The molecule has 3 unspecified atom stereocenters. The average Bonchev–Trinajstić information content (AvgIpc) is 3.49. The molecule has 2 N–H and O–H groups in total. The van der Waals surface area contributed by atoms with Gasteiger partial charge in [0, 0.05) is 6.42 Å². The van der Waals surface area contributed by atoms with Crippen LogP contribution in [0.15, 0.2) is 134 Å². The van der Waals surface area contributed by atoms with Gasteiger partial charge in [-0.15, -0.1) is 0 Å². The predicted octanol–water partition coefficient (Wildman–Crippen LogP) is 21.2. The first-order chi connectivity index (χ1) is 40.5. The normalized spacial score (nSPS) is 14.5. The van der Waals surface area contributed by atoms with Gasteiger partial charge in [0.15, 0.2) is 0 Å². The maximum absolute atomic E-state index is 13.0. The van der Waals surface area contributed by atoms with Crippen molar-refractivity contribution in [1.29, 1.82) is 0 Å². The monoisotopic (exact) mass is 1170 g/mol. The molecule has 0 aliphatic rings. The fourth-order valence-electron chi connectivity index (χ4n) is 9.34. The first-order valence-corrected chi connectivity index (χ1v) is 35.5. The number of unbranched alkanes of at least 4 members (excludes halogenated alkanes) is 28. The number of aliphatic hydroxyl groups is 1. The number of carbonyl (C=O) groups is 1. The van der Waals surface area contributed by atoms with E-state index in [1.165, 1.54) is 154 Å². The maximum Gasteiger partial charge on any atom is 0.268 e. The van der Waals surface area contributed by atoms with Crippen molar-refractivity contribution in [3.63, 3.8) is 0 Å². The Balaban J connectivity index is 4.26. The lowest BCUT2D eigenvalue weighted by atomic mass is 10.0. The minimum absolute atomic E-state index is 0.0206. The molecule has 8 nitrogen and oxygen atoms in total. The van der Waals surface area contributed by atoms with Crippen LogP contribution < -0.4 is 10.2 Å². The molecule has 0 aromatic rings. The van der Waals surface area contributed by atoms with Gasteiger partial charge in [-0.3, -0.25) is 9.36 Å². The van der Waals surface area contributed by atoms with Crippen LogP contribution in [-0.4, -0.2) is 68.5 Å². The lowest BCUT2D eigenvalue weighted by molar-refractivity contribution is -0.870. The number of allylic oxidation sites excluding steroid dienone is 21. The number of phosphoric acid groups is 1. The van der Waals surface area contributed by atoms with E-state index in [0.29, 0.717) is 17.4 Å². The van der Waals surface area contributed by atoms with Crippen LogP contribution in [0.1, 0.15) is 277 Å². The van der Waals surface area contributed by atoms with Crippen LogP contribution >= 0.6 is 7.82 Å². The molecule has 83 heavy (non-hydrogen) atoms. The molecule has 0 rings (SSSR count). The molecule has 0 spiro atoms. The lowest BCUT2D eigenvalue weighted by Crippen LogP contribution is -2.45. The summed E-state index contributed by atoms with van der Waals surface area (Å²) in [6.07, 6.45) is 95.7. The molecular formula is C74H129N2O6P. The van der Waals surface area contributed by atoms with E-state index in [0.717, 1.165) is 96.3 Å². The maximum atomic E-state index is 13.0. The van der Waals surface area contributed by atoms with E-state index in [2.05, 4.69) is 141 Å². The summed E-state index contributed by atoms with van der Waals surface area (Å²) in [5, 5.41) is 13.9. The van der Waals surface area contributed by atoms with Gasteiger partial charge < -0.3 is 28.8 Å². The van der Waals surface area contributed by atoms with Crippen LogP contribution in [0.2, 0.25) is 0 Å². The number of likely N-dealkylation sites (N-methyl/N-ethyl adjacent to an activating group) is 1. The molecule has 3 atom stereocenters. The van der Waals surface area contributed by atoms with Crippen molar-refractivity contribution in [1.82, 2.24) is 5.32 Å². The third-order valence-electron chi connectivity index (χ3n) is 14.6. The standard InChI is InChI=1S/C74H129N2O6P/c1-6-8-10-12-14-16-18-20-22-24-26-28-30-32-34-36-38-40-42-44-46-48-50-52-54-56-58-60-62-64-66-68-74(78)75-72(71-82-83(79,80)81-70-69-76(3,4)5)73(77)67-65-63-61-59-57-55-53-51-49-47-45-43-41-39-37-35-33-31-29-27-25-23-21-19-17-15-13-11-9-7-2/h8,10,14,16,20,22,26,28,32,34,38,40,44,46,50,52,56-59,65,67,72-73,77H,6-7,9,11-13,15,17-19,21,23-25,27,29-31,33,35-37,39,41-43,45,47-49,51,53-55,60-64,66,68-71H2,1-5H3,(H-,75,78,79,80)/b10-8-,16-14-,22-20-,28-26-,34-32-,40-38-,46-44-,52-50-,58-56-,59-57+,67-65+. The Morgan fingerprint density at radius 3 is 1.12 bits per heavy atom. The molecule has 0 bridgehead atoms. The highest BCUT2D eigenvalue weighted by molar-refractivity contribution is 7.45. The van der Waals surface area contributed by atoms with Crippen LogP contribution in [-0.2, 0) is 18.4 Å². The summed E-state index contributed by atoms with van der Waals surface area (Å²) in [5.41, 5.74) is 0. The van der Waals surface area contributed by atoms with E-state index in [1.54, 1.807) is 6.08 Å². The van der Waals surface area contributed by atoms with Gasteiger partial charge in [-0.2, -0.15) is 0 Å². The molecule has 0 aliphatic heterocycles. The van der Waals surface area contributed by atoms with E-state index in [9.17, 15) is 19.4 Å². The minimum atomic E-state index is -4.63. The number of hydrogen-bond acceptors (Lipinski definition) is 6. The number of phosphoric ester groups is 1. The number of hydrogen-bond donors (Lipinski definition) is 2. The second-order valence-corrected chi connectivity index (χ2v) is 25.2. The van der Waals surface area contributed by atoms with E-state index < -0.39 is 26.6 Å². The molecule has 1 amide bonds. The zero-order valence-corrected chi connectivity index (χ0v) is 55.2. The molecule has 0 saturated carbocycles. The second-order valence-electron chi connectivity index (χ2n) is 23.8. The Hall–Kier alpha value is -3.36. The van der Waals surface area contributed by atoms with Crippen molar-refractivity contribution in [3.8, 4) is 0 Å². The first-order valence-electron chi connectivity index (χ1n) is 34.0. The minimum Gasteiger partial charge on any atom is -0.756 e. The van der Waals surface area contributed by atoms with Crippen LogP contribution in [0, 0.1) is 0 Å². The van der Waals surface area contributed by atoms with Crippen molar-refractivity contribution < 1.29 is 32.9 Å². The SMILES string of the molecule is CC/C=C\C/C=C\C/C=C\C/C=C\C/C=C\C/C=C\C/C=C\C/C=C\C/C=C\CCCCCC(=O)NC(COP(=O)([O-])OCC[N+](C)(C)C)C(O)/C=C/CC/C=C/CCCCCCCCCCCCCCCCCCCCCCCCCC. The van der Waals surface area contributed by atoms with Gasteiger partial charge in [-0.25, -0.2) is 0 Å². The van der Waals surface area contributed by atoms with E-state index >= 15 is 0 Å². The summed E-state index contributed by atoms with van der Waals surface area (Å²) in [5.74, 6) is -0.242. The van der Waals surface area contributed by atoms with Gasteiger partial charge in [0.2, 0.25) is 5.91 Å². The highest BCUT2D eigenvalue weighted by Crippen LogP contribution is 2.38. The summed E-state index contributed by atoms with van der Waals surface area (Å²) >= 11 is 0. The zero-order chi connectivity index (χ0) is 60.5. The van der Waals surface area contributed by atoms with Gasteiger partial charge in [0.25, 0.3) is 7.82 Å². The molecule has 0 radical (unpaired) electrons. The highest BCUT2D eigenvalue weighted by atomic mass is 31.2. The van der Waals surface area contributed by atoms with Crippen LogP contribution in [0.25, 0.3) is 0 Å². The van der Waals surface area contributed by atoms with Gasteiger partial charge in [-0.05, 0) is 103 Å². The van der Waals surface area contributed by atoms with Crippen molar-refractivity contribution in [2.24, 2.45) is 0 Å². The third kappa shape index (κ3) is 66.0. The van der Waals surface area contributed by atoms with E-state index in [-0.39, 0.29) is 18.9 Å². The molecule has 476 valence electrons. The van der Waals surface area contributed by atoms with Crippen LogP contribution in [0.3, 0.4) is 0 Å². The van der Waals surface area contributed by atoms with Gasteiger partial charge in [-0.1, -0.05) is 302 Å². The van der Waals surface area contributed by atoms with Crippen molar-refractivity contribution in [2.75, 3.05) is 40.9 Å². The molecule has 0 heterocycles. The van der Waals surface area contributed by atoms with E-state index in [4.69, 9.17) is 9.05 Å². The Morgan fingerprint density at radius 2 is 0.747 bits per heavy atom. The van der Waals surface area contributed by atoms with Gasteiger partial charge in [0.1, 0.15) is 13.2 Å². The number of aliphatic hydroxyl groups excluding tert-OH is 1. The Labute approximate surface area is 513 Å². The topological polar surface area (TPSA) is 108 Å². The molecule has 9 heteroatoms. The molecule has 0 aromatic carbocycles. The summed E-state index contributed by atoms with van der Waals surface area (Å²) in [6.45, 7) is 4.50. The number of carbonyl (C=O) groups excluding carboxylic acids is 1. The number of nitrogens with one attached hydrogen (secondary N) is 1. The van der Waals surface area contributed by atoms with Crippen LogP contribution in [0.4, 0.5) is 0 Å². The quantitative estimate of drug-likeness (QED) is 0.0272. The van der Waals surface area contributed by atoms with Crippen molar-refractivity contribution >= 4 is 13.7 Å². The summed E-state index contributed by atoms with van der Waals surface area (Å²) in [6, 6.07) is -0.934. The smallest absolute Gasteiger partial charge is 0.268 e. The number of quaternary nitrogens is 1. The number of nitrogens with zero attached hydrogens (tertiary/aromatic N) is 1. The molecule has 0 aliphatic carbocycles. The van der Waals surface area contributed by atoms with Gasteiger partial charge >= 0.3 is 0 Å². The van der Waals surface area contributed by atoms with Crippen LogP contribution in [0.5, 0.6) is 0 Å². The van der Waals surface area contributed by atoms with Gasteiger partial charge in [0.05, 0.1) is 39.9 Å². The van der Waals surface area contributed by atoms with E-state index in [1.807, 2.05) is 27.2 Å². The fourth-order valence-corrected chi connectivity index (χ4v) is 10.1. The predicted molar refractivity (Wildman–Crippen MR) is 362 cm³/mol. The fraction of sp³-hybridized carbons (Fsp3) is 0.689. The average molecular weight is 1170 g/mol. The Kier molecular flexibility index (Phi) is 60.6. The Bertz CT molecular complexity index is 1810. The highest BCUT2D eigenvalue weighted by Gasteiger charge is 2.23.